The van der Waals surface area contributed by atoms with Crippen molar-refractivity contribution in [2.75, 3.05) is 20.8 Å². The fourth-order valence-corrected chi connectivity index (χ4v) is 3.53. The molecule has 1 atom stereocenters. The third-order valence-electron chi connectivity index (χ3n) is 4.33. The minimum absolute atomic E-state index is 0.487. The van der Waals surface area contributed by atoms with Crippen LogP contribution in [0.25, 0.3) is 0 Å². The maximum atomic E-state index is 5.65. The summed E-state index contributed by atoms with van der Waals surface area (Å²) in [5.74, 6) is 1.76. The average molecular weight is 356 g/mol. The quantitative estimate of drug-likeness (QED) is 0.769. The normalized spacial score (nSPS) is 22.7. The third kappa shape index (κ3) is 4.70. The van der Waals surface area contributed by atoms with Gasteiger partial charge in [-0.25, -0.2) is 0 Å². The Balaban J connectivity index is 1.89. The van der Waals surface area contributed by atoms with Crippen molar-refractivity contribution in [3.05, 3.63) is 28.2 Å². The van der Waals surface area contributed by atoms with Crippen molar-refractivity contribution >= 4 is 15.9 Å². The molecule has 0 amide bonds. The highest BCUT2D eigenvalue weighted by Crippen LogP contribution is 2.34. The number of halogens is 1. The molecule has 1 aromatic carbocycles. The fraction of sp³-hybridized carbons (Fsp3) is 0.647. The van der Waals surface area contributed by atoms with E-state index < -0.39 is 0 Å². The first-order valence-electron chi connectivity index (χ1n) is 7.77. The molecule has 0 bridgehead atoms. The first kappa shape index (κ1) is 16.8. The summed E-state index contributed by atoms with van der Waals surface area (Å²) in [6.07, 6.45) is 5.12. The number of hydrogen-bond donors (Lipinski definition) is 1. The molecule has 0 aromatic heterocycles. The van der Waals surface area contributed by atoms with Gasteiger partial charge in [-0.3, -0.25) is 0 Å². The molecule has 0 aliphatic heterocycles. The standard InChI is InChI=1S/C17H26BrNO2/c1-4-21-16-8-12(9-16)7-15(19-2)11-13-10-14(18)5-6-17(13)20-3/h5-6,10,12,15-16,19H,4,7-9,11H2,1-3H3. The predicted octanol–water partition coefficient (Wildman–Crippen LogP) is 3.79. The Morgan fingerprint density at radius 3 is 2.76 bits per heavy atom. The van der Waals surface area contributed by atoms with Crippen molar-refractivity contribution in [1.29, 1.82) is 0 Å². The summed E-state index contributed by atoms with van der Waals surface area (Å²) >= 11 is 3.55. The van der Waals surface area contributed by atoms with E-state index in [0.717, 1.165) is 29.2 Å². The highest BCUT2D eigenvalue weighted by Gasteiger charge is 2.31. The molecule has 2 rings (SSSR count). The molecular weight excluding hydrogens is 330 g/mol. The Kier molecular flexibility index (Phi) is 6.52. The second-order valence-electron chi connectivity index (χ2n) is 5.80. The molecule has 1 saturated carbocycles. The molecule has 1 aromatic rings. The fourth-order valence-electron chi connectivity index (χ4n) is 3.12. The van der Waals surface area contributed by atoms with E-state index in [4.69, 9.17) is 9.47 Å². The molecular formula is C17H26BrNO2. The summed E-state index contributed by atoms with van der Waals surface area (Å²) < 4.78 is 12.2. The van der Waals surface area contributed by atoms with Crippen LogP contribution in [0.3, 0.4) is 0 Å². The molecule has 4 heteroatoms. The molecule has 1 unspecified atom stereocenters. The maximum absolute atomic E-state index is 5.65. The Labute approximate surface area is 136 Å². The van der Waals surface area contributed by atoms with E-state index in [2.05, 4.69) is 34.2 Å². The van der Waals surface area contributed by atoms with Gasteiger partial charge in [-0.05, 0) is 69.3 Å². The first-order valence-corrected chi connectivity index (χ1v) is 8.56. The molecule has 3 nitrogen and oxygen atoms in total. The van der Waals surface area contributed by atoms with Gasteiger partial charge in [0.2, 0.25) is 0 Å². The van der Waals surface area contributed by atoms with Gasteiger partial charge in [0.1, 0.15) is 5.75 Å². The van der Waals surface area contributed by atoms with Crippen molar-refractivity contribution < 1.29 is 9.47 Å². The molecule has 21 heavy (non-hydrogen) atoms. The molecule has 118 valence electrons. The van der Waals surface area contributed by atoms with E-state index >= 15 is 0 Å². The van der Waals surface area contributed by atoms with Crippen molar-refractivity contribution in [2.45, 2.75) is 44.8 Å². The molecule has 1 aliphatic rings. The van der Waals surface area contributed by atoms with E-state index in [0.29, 0.717) is 12.1 Å². The molecule has 1 aliphatic carbocycles. The Morgan fingerprint density at radius 2 is 2.14 bits per heavy atom. The lowest BCUT2D eigenvalue weighted by atomic mass is 9.77. The zero-order valence-electron chi connectivity index (χ0n) is 13.2. The first-order chi connectivity index (χ1) is 10.2. The number of nitrogens with one attached hydrogen (secondary N) is 1. The molecule has 1 N–H and O–H groups in total. The SMILES string of the molecule is CCOC1CC(CC(Cc2cc(Br)ccc2OC)NC)C1. The van der Waals surface area contributed by atoms with Crippen LogP contribution in [-0.4, -0.2) is 32.9 Å². The van der Waals surface area contributed by atoms with Gasteiger partial charge in [0.05, 0.1) is 13.2 Å². The largest absolute Gasteiger partial charge is 0.496 e. The minimum atomic E-state index is 0.487. The van der Waals surface area contributed by atoms with Crippen LogP contribution in [-0.2, 0) is 11.2 Å². The zero-order chi connectivity index (χ0) is 15.2. The highest BCUT2D eigenvalue weighted by molar-refractivity contribution is 9.10. The van der Waals surface area contributed by atoms with Gasteiger partial charge in [-0.2, -0.15) is 0 Å². The highest BCUT2D eigenvalue weighted by atomic mass is 79.9. The van der Waals surface area contributed by atoms with Gasteiger partial charge in [-0.1, -0.05) is 15.9 Å². The second-order valence-corrected chi connectivity index (χ2v) is 6.71. The van der Waals surface area contributed by atoms with E-state index in [9.17, 15) is 0 Å². The minimum Gasteiger partial charge on any atom is -0.496 e. The van der Waals surface area contributed by atoms with E-state index in [1.807, 2.05) is 19.2 Å². The number of hydrogen-bond acceptors (Lipinski definition) is 3. The van der Waals surface area contributed by atoms with Gasteiger partial charge < -0.3 is 14.8 Å². The summed E-state index contributed by atoms with van der Waals surface area (Å²) in [4.78, 5) is 0. The van der Waals surface area contributed by atoms with Crippen molar-refractivity contribution in [2.24, 2.45) is 5.92 Å². The van der Waals surface area contributed by atoms with Gasteiger partial charge in [0.25, 0.3) is 0 Å². The predicted molar refractivity (Wildman–Crippen MR) is 90.0 cm³/mol. The van der Waals surface area contributed by atoms with Gasteiger partial charge >= 0.3 is 0 Å². The van der Waals surface area contributed by atoms with E-state index in [1.165, 1.54) is 24.8 Å². The lowest BCUT2D eigenvalue weighted by Gasteiger charge is -2.37. The monoisotopic (exact) mass is 355 g/mol. The summed E-state index contributed by atoms with van der Waals surface area (Å²) in [5, 5.41) is 3.46. The molecule has 0 radical (unpaired) electrons. The van der Waals surface area contributed by atoms with Crippen LogP contribution in [0.4, 0.5) is 0 Å². The zero-order valence-corrected chi connectivity index (χ0v) is 14.8. The van der Waals surface area contributed by atoms with Crippen LogP contribution in [0.15, 0.2) is 22.7 Å². The van der Waals surface area contributed by atoms with Crippen LogP contribution < -0.4 is 10.1 Å². The topological polar surface area (TPSA) is 30.5 Å². The van der Waals surface area contributed by atoms with Crippen LogP contribution >= 0.6 is 15.9 Å². The Hall–Kier alpha value is -0.580. The Bertz CT molecular complexity index is 446. The number of likely N-dealkylation sites (N-methyl/N-ethyl adjacent to an activating group) is 1. The maximum Gasteiger partial charge on any atom is 0.122 e. The van der Waals surface area contributed by atoms with Gasteiger partial charge in [0.15, 0.2) is 0 Å². The van der Waals surface area contributed by atoms with Gasteiger partial charge in [-0.15, -0.1) is 0 Å². The summed E-state index contributed by atoms with van der Waals surface area (Å²) in [6.45, 7) is 2.91. The number of ether oxygens (including phenoxy) is 2. The van der Waals surface area contributed by atoms with Crippen molar-refractivity contribution in [1.82, 2.24) is 5.32 Å². The second kappa shape index (κ2) is 8.16. The third-order valence-corrected chi connectivity index (χ3v) is 4.82. The Morgan fingerprint density at radius 1 is 1.38 bits per heavy atom. The van der Waals surface area contributed by atoms with Crippen LogP contribution in [0.2, 0.25) is 0 Å². The summed E-state index contributed by atoms with van der Waals surface area (Å²) in [5.41, 5.74) is 1.26. The van der Waals surface area contributed by atoms with E-state index in [1.54, 1.807) is 7.11 Å². The van der Waals surface area contributed by atoms with E-state index in [-0.39, 0.29) is 0 Å². The summed E-state index contributed by atoms with van der Waals surface area (Å²) in [7, 11) is 3.79. The van der Waals surface area contributed by atoms with Crippen molar-refractivity contribution in [3.8, 4) is 5.75 Å². The van der Waals surface area contributed by atoms with Crippen LogP contribution in [0, 0.1) is 5.92 Å². The van der Waals surface area contributed by atoms with Crippen molar-refractivity contribution in [3.63, 3.8) is 0 Å². The lowest BCUT2D eigenvalue weighted by molar-refractivity contribution is -0.0288. The smallest absolute Gasteiger partial charge is 0.122 e. The number of benzene rings is 1. The molecule has 1 fully saturated rings. The lowest BCUT2D eigenvalue weighted by Crippen LogP contribution is -2.38. The summed E-state index contributed by atoms with van der Waals surface area (Å²) in [6, 6.07) is 6.70. The van der Waals surface area contributed by atoms with Crippen LogP contribution in [0.5, 0.6) is 5.75 Å². The van der Waals surface area contributed by atoms with Gasteiger partial charge in [0, 0.05) is 17.1 Å². The average Bonchev–Trinajstić information content (AvgIpc) is 2.44. The van der Waals surface area contributed by atoms with Crippen LogP contribution in [0.1, 0.15) is 31.7 Å². The molecule has 0 heterocycles. The molecule has 0 spiro atoms. The number of methoxy groups -OCH3 is 1. The number of rotatable bonds is 8. The molecule has 0 saturated heterocycles.